The van der Waals surface area contributed by atoms with Crippen molar-refractivity contribution < 1.29 is 59.1 Å². The molecule has 2 aliphatic rings. The minimum absolute atomic E-state index is 0.0740. The molecule has 2 heterocycles. The first-order valence-electron chi connectivity index (χ1n) is 14.3. The first-order valence-corrected chi connectivity index (χ1v) is 14.3. The molecule has 13 nitrogen and oxygen atoms in total. The Morgan fingerprint density at radius 3 is 2.20 bits per heavy atom. The Labute approximate surface area is 255 Å². The van der Waals surface area contributed by atoms with E-state index in [1.165, 1.54) is 18.2 Å². The van der Waals surface area contributed by atoms with E-state index in [2.05, 4.69) is 4.90 Å². The molecule has 10 unspecified atom stereocenters. The van der Waals surface area contributed by atoms with Crippen LogP contribution in [0.15, 0.2) is 54.6 Å². The van der Waals surface area contributed by atoms with E-state index in [0.717, 1.165) is 24.6 Å². The quantitative estimate of drug-likeness (QED) is 0.143. The van der Waals surface area contributed by atoms with Crippen molar-refractivity contribution in [1.82, 2.24) is 4.90 Å². The lowest BCUT2D eigenvalue weighted by Crippen LogP contribution is -2.64. The Hall–Kier alpha value is -3.11. The molecule has 2 fully saturated rings. The molecule has 10 atom stereocenters. The van der Waals surface area contributed by atoms with Crippen LogP contribution < -0.4 is 4.74 Å². The third-order valence-electron chi connectivity index (χ3n) is 7.46. The molecule has 4 rings (SSSR count). The minimum atomic E-state index is -1.77. The number of benzene rings is 2. The molecule has 2 aromatic carbocycles. The maximum atomic E-state index is 12.2. The number of carbonyl (C=O) groups excluding carboxylic acids is 1. The van der Waals surface area contributed by atoms with Gasteiger partial charge in [-0.2, -0.15) is 0 Å². The summed E-state index contributed by atoms with van der Waals surface area (Å²) in [5.41, 5.74) is 1.72. The number of aliphatic hydroxyl groups excluding tert-OH is 5. The Bertz CT molecular complexity index is 1220. The van der Waals surface area contributed by atoms with Crippen molar-refractivity contribution in [1.29, 1.82) is 0 Å². The van der Waals surface area contributed by atoms with Crippen LogP contribution >= 0.6 is 0 Å². The molecule has 0 aromatic heterocycles. The van der Waals surface area contributed by atoms with Gasteiger partial charge in [-0.15, -0.1) is 0 Å². The summed E-state index contributed by atoms with van der Waals surface area (Å²) in [6.07, 6.45) is -11.1. The predicted molar refractivity (Wildman–Crippen MR) is 155 cm³/mol. The van der Waals surface area contributed by atoms with Gasteiger partial charge in [-0.1, -0.05) is 24.3 Å². The number of nitrogens with zero attached hydrogens (tertiary/aromatic N) is 1. The van der Waals surface area contributed by atoms with Crippen molar-refractivity contribution in [3.63, 3.8) is 0 Å². The fourth-order valence-corrected chi connectivity index (χ4v) is 4.76. The Kier molecular flexibility index (Phi) is 11.7. The SMILES string of the molecule is CC1OC(Oc2ccc(CCN(C)C)cc2)C(O)C(OC2OC(COC(=O)C=Cc3ccc(O)cc3)C(O)C(O)C2O)C1O. The number of phenols is 1. The summed E-state index contributed by atoms with van der Waals surface area (Å²) in [5.74, 6) is -0.287. The summed E-state index contributed by atoms with van der Waals surface area (Å²) in [7, 11) is 3.98. The number of carbonyl (C=O) groups is 1. The van der Waals surface area contributed by atoms with E-state index in [0.29, 0.717) is 11.3 Å². The monoisotopic (exact) mass is 619 g/mol. The lowest BCUT2D eigenvalue weighted by molar-refractivity contribution is -0.350. The zero-order chi connectivity index (χ0) is 32.0. The maximum absolute atomic E-state index is 12.2. The number of likely N-dealkylation sites (N-methyl/N-ethyl adjacent to an activating group) is 1. The number of hydrogen-bond donors (Lipinski definition) is 6. The lowest BCUT2D eigenvalue weighted by Gasteiger charge is -2.45. The maximum Gasteiger partial charge on any atom is 0.330 e. The third-order valence-corrected chi connectivity index (χ3v) is 7.46. The molecule has 0 radical (unpaired) electrons. The van der Waals surface area contributed by atoms with Gasteiger partial charge >= 0.3 is 5.97 Å². The van der Waals surface area contributed by atoms with Gasteiger partial charge in [0.2, 0.25) is 6.29 Å². The van der Waals surface area contributed by atoms with Crippen molar-refractivity contribution in [2.45, 2.75) is 74.8 Å². The van der Waals surface area contributed by atoms with Crippen LogP contribution in [0.5, 0.6) is 11.5 Å². The Morgan fingerprint density at radius 2 is 1.55 bits per heavy atom. The van der Waals surface area contributed by atoms with Gasteiger partial charge < -0.3 is 59.2 Å². The molecule has 2 aromatic rings. The zero-order valence-electron chi connectivity index (χ0n) is 24.7. The summed E-state index contributed by atoms with van der Waals surface area (Å²) in [5, 5.41) is 62.7. The Morgan fingerprint density at radius 1 is 0.864 bits per heavy atom. The van der Waals surface area contributed by atoms with Crippen molar-refractivity contribution in [3.05, 3.63) is 65.7 Å². The van der Waals surface area contributed by atoms with E-state index in [1.807, 2.05) is 26.2 Å². The summed E-state index contributed by atoms with van der Waals surface area (Å²) in [6.45, 7) is 1.93. The summed E-state index contributed by atoms with van der Waals surface area (Å²) < 4.78 is 28.1. The molecule has 2 aliphatic heterocycles. The largest absolute Gasteiger partial charge is 0.508 e. The molecular weight excluding hydrogens is 578 g/mol. The second-order valence-electron chi connectivity index (χ2n) is 11.2. The predicted octanol–water partition coefficient (Wildman–Crippen LogP) is -0.209. The number of ether oxygens (including phenoxy) is 5. The van der Waals surface area contributed by atoms with Crippen molar-refractivity contribution >= 4 is 12.0 Å². The molecule has 44 heavy (non-hydrogen) atoms. The van der Waals surface area contributed by atoms with Crippen LogP contribution in [-0.4, -0.2) is 130 Å². The summed E-state index contributed by atoms with van der Waals surface area (Å²) >= 11 is 0. The number of hydrogen-bond acceptors (Lipinski definition) is 13. The van der Waals surface area contributed by atoms with E-state index < -0.39 is 74.0 Å². The number of aliphatic hydroxyl groups is 5. The molecule has 0 bridgehead atoms. The highest BCUT2D eigenvalue weighted by molar-refractivity contribution is 5.87. The summed E-state index contributed by atoms with van der Waals surface area (Å²) in [6, 6.07) is 13.4. The number of aromatic hydroxyl groups is 1. The van der Waals surface area contributed by atoms with Gasteiger partial charge in [0.1, 0.15) is 60.8 Å². The molecule has 0 saturated carbocycles. The molecular formula is C31H41NO12. The fraction of sp³-hybridized carbons (Fsp3) is 0.516. The van der Waals surface area contributed by atoms with Gasteiger partial charge in [-0.25, -0.2) is 4.79 Å². The van der Waals surface area contributed by atoms with E-state index in [-0.39, 0.29) is 5.75 Å². The second-order valence-corrected chi connectivity index (χ2v) is 11.2. The number of rotatable bonds is 11. The normalized spacial score (nSPS) is 32.6. The summed E-state index contributed by atoms with van der Waals surface area (Å²) in [4.78, 5) is 14.3. The highest BCUT2D eigenvalue weighted by Gasteiger charge is 2.50. The van der Waals surface area contributed by atoms with Crippen molar-refractivity contribution in [2.24, 2.45) is 0 Å². The van der Waals surface area contributed by atoms with E-state index in [9.17, 15) is 35.4 Å². The fourth-order valence-electron chi connectivity index (χ4n) is 4.76. The van der Waals surface area contributed by atoms with Gasteiger partial charge in [0.15, 0.2) is 6.29 Å². The van der Waals surface area contributed by atoms with Crippen LogP contribution in [0.2, 0.25) is 0 Å². The number of esters is 1. The van der Waals surface area contributed by atoms with Crippen LogP contribution in [0.3, 0.4) is 0 Å². The van der Waals surface area contributed by atoms with Crippen molar-refractivity contribution in [2.75, 3.05) is 27.2 Å². The van der Waals surface area contributed by atoms with Crippen molar-refractivity contribution in [3.8, 4) is 11.5 Å². The Balaban J connectivity index is 1.37. The van der Waals surface area contributed by atoms with E-state index >= 15 is 0 Å². The molecule has 242 valence electrons. The zero-order valence-corrected chi connectivity index (χ0v) is 24.7. The second kappa shape index (κ2) is 15.3. The molecule has 13 heteroatoms. The van der Waals surface area contributed by atoms with Crippen LogP contribution in [0.1, 0.15) is 18.1 Å². The van der Waals surface area contributed by atoms with Gasteiger partial charge in [0.05, 0.1) is 6.10 Å². The molecule has 0 amide bonds. The van der Waals surface area contributed by atoms with Crippen LogP contribution in [-0.2, 0) is 30.2 Å². The van der Waals surface area contributed by atoms with Gasteiger partial charge in [0, 0.05) is 12.6 Å². The molecule has 0 aliphatic carbocycles. The standard InChI is InChI=1S/C31H41NO12/c1-17-24(35)29(28(39)31(41-17)42-21-11-6-19(7-12-21)14-15-32(2)3)44-30-27(38)26(37)25(36)22(43-30)16-40-23(34)13-8-18-4-9-20(33)10-5-18/h4-13,17,22,24-31,33,35-39H,14-16H2,1-3H3. The topological polar surface area (TPSA) is 188 Å². The molecule has 0 spiro atoms. The van der Waals surface area contributed by atoms with Gasteiger partial charge in [-0.3, -0.25) is 0 Å². The van der Waals surface area contributed by atoms with Crippen LogP contribution in [0, 0.1) is 0 Å². The first kappa shape index (κ1) is 33.8. The minimum Gasteiger partial charge on any atom is -0.508 e. The first-order chi connectivity index (χ1) is 20.9. The average Bonchev–Trinajstić information content (AvgIpc) is 3.00. The molecule has 2 saturated heterocycles. The third kappa shape index (κ3) is 8.75. The average molecular weight is 620 g/mol. The molecule has 6 N–H and O–H groups in total. The van der Waals surface area contributed by atoms with Gasteiger partial charge in [-0.05, 0) is 68.9 Å². The van der Waals surface area contributed by atoms with E-state index in [4.69, 9.17) is 23.7 Å². The highest BCUT2D eigenvalue weighted by atomic mass is 16.7. The number of phenolic OH excluding ortho intramolecular Hbond substituents is 1. The smallest absolute Gasteiger partial charge is 0.330 e. The van der Waals surface area contributed by atoms with Crippen LogP contribution in [0.25, 0.3) is 6.08 Å². The van der Waals surface area contributed by atoms with Crippen LogP contribution in [0.4, 0.5) is 0 Å². The van der Waals surface area contributed by atoms with Gasteiger partial charge in [0.25, 0.3) is 0 Å². The van der Waals surface area contributed by atoms with E-state index in [1.54, 1.807) is 31.2 Å². The highest BCUT2D eigenvalue weighted by Crippen LogP contribution is 2.30. The lowest BCUT2D eigenvalue weighted by atomic mass is 9.97.